The fourth-order valence-corrected chi connectivity index (χ4v) is 3.52. The molecule has 7 heteroatoms. The molecule has 3 aromatic rings. The summed E-state index contributed by atoms with van der Waals surface area (Å²) in [6.07, 6.45) is 1.51. The number of aromatic nitrogens is 2. The van der Waals surface area contributed by atoms with Crippen molar-refractivity contribution in [1.29, 1.82) is 0 Å². The fourth-order valence-electron chi connectivity index (χ4n) is 3.52. The lowest BCUT2D eigenvalue weighted by atomic mass is 9.97. The van der Waals surface area contributed by atoms with Gasteiger partial charge in [0.2, 0.25) is 0 Å². The SMILES string of the molecule is CC(C)(C)C(=O)Oc1cccc(C#Cc2ccc(N3CCC(Oc4ccccc4F)CC3)nn2)c1. The number of anilines is 1. The van der Waals surface area contributed by atoms with E-state index >= 15 is 0 Å². The van der Waals surface area contributed by atoms with Gasteiger partial charge in [0.05, 0.1) is 5.41 Å². The molecule has 1 aromatic heterocycles. The van der Waals surface area contributed by atoms with E-state index in [9.17, 15) is 9.18 Å². The van der Waals surface area contributed by atoms with Gasteiger partial charge in [-0.2, -0.15) is 0 Å². The lowest BCUT2D eigenvalue weighted by Crippen LogP contribution is -2.38. The van der Waals surface area contributed by atoms with Gasteiger partial charge in [-0.15, -0.1) is 10.2 Å². The number of rotatable bonds is 4. The topological polar surface area (TPSA) is 64.5 Å². The zero-order chi connectivity index (χ0) is 24.8. The smallest absolute Gasteiger partial charge is 0.316 e. The van der Waals surface area contributed by atoms with Crippen molar-refractivity contribution in [2.24, 2.45) is 5.41 Å². The molecule has 0 bridgehead atoms. The Morgan fingerprint density at radius 3 is 2.46 bits per heavy atom. The molecule has 180 valence electrons. The molecule has 1 aliphatic rings. The average Bonchev–Trinajstić information content (AvgIpc) is 2.85. The van der Waals surface area contributed by atoms with E-state index in [0.29, 0.717) is 22.8 Å². The molecule has 35 heavy (non-hydrogen) atoms. The van der Waals surface area contributed by atoms with Gasteiger partial charge in [0.1, 0.15) is 17.5 Å². The van der Waals surface area contributed by atoms with Gasteiger partial charge in [0.25, 0.3) is 0 Å². The molecule has 0 radical (unpaired) electrons. The summed E-state index contributed by atoms with van der Waals surface area (Å²) < 4.78 is 25.1. The van der Waals surface area contributed by atoms with Crippen LogP contribution in [0.3, 0.4) is 0 Å². The molecule has 0 spiro atoms. The zero-order valence-electron chi connectivity index (χ0n) is 20.1. The molecule has 1 saturated heterocycles. The molecule has 0 aliphatic carbocycles. The minimum absolute atomic E-state index is 0.0281. The number of para-hydroxylation sites is 1. The summed E-state index contributed by atoms with van der Waals surface area (Å²) in [6, 6.07) is 17.3. The maximum Gasteiger partial charge on any atom is 0.316 e. The van der Waals surface area contributed by atoms with E-state index in [1.807, 2.05) is 39.0 Å². The molecule has 0 atom stereocenters. The van der Waals surface area contributed by atoms with E-state index in [-0.39, 0.29) is 17.9 Å². The van der Waals surface area contributed by atoms with E-state index in [4.69, 9.17) is 9.47 Å². The van der Waals surface area contributed by atoms with Gasteiger partial charge < -0.3 is 14.4 Å². The summed E-state index contributed by atoms with van der Waals surface area (Å²) in [7, 11) is 0. The number of piperidine rings is 1. The summed E-state index contributed by atoms with van der Waals surface area (Å²) in [5.74, 6) is 6.94. The zero-order valence-corrected chi connectivity index (χ0v) is 20.1. The van der Waals surface area contributed by atoms with Crippen LogP contribution in [0.15, 0.2) is 60.7 Å². The Balaban J connectivity index is 1.33. The number of benzene rings is 2. The highest BCUT2D eigenvalue weighted by atomic mass is 19.1. The van der Waals surface area contributed by atoms with Gasteiger partial charge in [-0.05, 0) is 69.2 Å². The molecule has 4 rings (SSSR count). The molecule has 1 fully saturated rings. The van der Waals surface area contributed by atoms with Gasteiger partial charge in [-0.25, -0.2) is 4.39 Å². The molecular formula is C28H28FN3O3. The first-order valence-corrected chi connectivity index (χ1v) is 11.6. The number of esters is 1. The Morgan fingerprint density at radius 2 is 1.77 bits per heavy atom. The number of hydrogen-bond donors (Lipinski definition) is 0. The Labute approximate surface area is 205 Å². The maximum atomic E-state index is 13.8. The van der Waals surface area contributed by atoms with Crippen LogP contribution in [0.1, 0.15) is 44.9 Å². The third-order valence-electron chi connectivity index (χ3n) is 5.54. The molecule has 2 aromatic carbocycles. The van der Waals surface area contributed by atoms with Crippen molar-refractivity contribution in [2.45, 2.75) is 39.7 Å². The van der Waals surface area contributed by atoms with Crippen molar-refractivity contribution in [3.63, 3.8) is 0 Å². The highest BCUT2D eigenvalue weighted by Crippen LogP contribution is 2.24. The van der Waals surface area contributed by atoms with Gasteiger partial charge in [-0.1, -0.05) is 24.1 Å². The Kier molecular flexibility index (Phi) is 7.31. The third-order valence-corrected chi connectivity index (χ3v) is 5.54. The average molecular weight is 474 g/mol. The van der Waals surface area contributed by atoms with Gasteiger partial charge in [-0.3, -0.25) is 4.79 Å². The summed E-state index contributed by atoms with van der Waals surface area (Å²) in [4.78, 5) is 14.2. The summed E-state index contributed by atoms with van der Waals surface area (Å²) >= 11 is 0. The van der Waals surface area contributed by atoms with Crippen molar-refractivity contribution in [3.8, 4) is 23.3 Å². The summed E-state index contributed by atoms with van der Waals surface area (Å²) in [5, 5.41) is 8.56. The first-order valence-electron chi connectivity index (χ1n) is 11.6. The van der Waals surface area contributed by atoms with Gasteiger partial charge in [0, 0.05) is 31.5 Å². The van der Waals surface area contributed by atoms with Crippen LogP contribution in [0, 0.1) is 23.1 Å². The van der Waals surface area contributed by atoms with Crippen LogP contribution >= 0.6 is 0 Å². The molecule has 0 saturated carbocycles. The minimum Gasteiger partial charge on any atom is -0.487 e. The van der Waals surface area contributed by atoms with Crippen LogP contribution in [-0.4, -0.2) is 35.4 Å². The van der Waals surface area contributed by atoms with E-state index in [1.165, 1.54) is 6.07 Å². The third kappa shape index (κ3) is 6.57. The minimum atomic E-state index is -0.582. The Morgan fingerprint density at radius 1 is 1.00 bits per heavy atom. The fraction of sp³-hybridized carbons (Fsp3) is 0.321. The molecule has 0 amide bonds. The first-order chi connectivity index (χ1) is 16.8. The molecule has 0 unspecified atom stereocenters. The monoisotopic (exact) mass is 473 g/mol. The number of ether oxygens (including phenoxy) is 2. The van der Waals surface area contributed by atoms with E-state index in [2.05, 4.69) is 26.9 Å². The highest BCUT2D eigenvalue weighted by molar-refractivity contribution is 5.77. The normalized spacial score (nSPS) is 14.1. The lowest BCUT2D eigenvalue weighted by molar-refractivity contribution is -0.142. The number of carbonyl (C=O) groups excluding carboxylic acids is 1. The van der Waals surface area contributed by atoms with Gasteiger partial charge in [0.15, 0.2) is 17.4 Å². The van der Waals surface area contributed by atoms with Crippen molar-refractivity contribution < 1.29 is 18.7 Å². The van der Waals surface area contributed by atoms with Crippen LogP contribution in [0.5, 0.6) is 11.5 Å². The molecular weight excluding hydrogens is 445 g/mol. The van der Waals surface area contributed by atoms with E-state index in [0.717, 1.165) is 31.7 Å². The highest BCUT2D eigenvalue weighted by Gasteiger charge is 2.24. The lowest BCUT2D eigenvalue weighted by Gasteiger charge is -2.32. The second-order valence-electron chi connectivity index (χ2n) is 9.43. The molecule has 1 aliphatic heterocycles. The molecule has 2 heterocycles. The summed E-state index contributed by atoms with van der Waals surface area (Å²) in [5.41, 5.74) is 0.678. The van der Waals surface area contributed by atoms with Crippen LogP contribution in [0.25, 0.3) is 0 Å². The Hall–Kier alpha value is -3.92. The van der Waals surface area contributed by atoms with E-state index < -0.39 is 5.41 Å². The van der Waals surface area contributed by atoms with Crippen LogP contribution in [0.4, 0.5) is 10.2 Å². The predicted octanol–water partition coefficient (Wildman–Crippen LogP) is 5.01. The number of halogens is 1. The Bertz CT molecular complexity index is 1230. The van der Waals surface area contributed by atoms with Crippen LogP contribution in [0.2, 0.25) is 0 Å². The maximum absolute atomic E-state index is 13.8. The largest absolute Gasteiger partial charge is 0.487 e. The predicted molar refractivity (Wildman–Crippen MR) is 132 cm³/mol. The van der Waals surface area contributed by atoms with Crippen LogP contribution < -0.4 is 14.4 Å². The van der Waals surface area contributed by atoms with Crippen molar-refractivity contribution in [2.75, 3.05) is 18.0 Å². The quantitative estimate of drug-likeness (QED) is 0.301. The number of carbonyl (C=O) groups is 1. The standard InChI is InChI=1S/C28H28FN3O3/c1-28(2,3)27(33)35-23-8-6-7-20(19-23)11-12-21-13-14-26(31-30-21)32-17-15-22(16-18-32)34-25-10-5-4-9-24(25)29/h4-10,13-14,19,22H,15-18H2,1-3H3. The molecule has 6 nitrogen and oxygen atoms in total. The van der Waals surface area contributed by atoms with Crippen molar-refractivity contribution >= 4 is 11.8 Å². The summed E-state index contributed by atoms with van der Waals surface area (Å²) in [6.45, 7) is 6.92. The second-order valence-corrected chi connectivity index (χ2v) is 9.43. The van der Waals surface area contributed by atoms with Crippen LogP contribution in [-0.2, 0) is 4.79 Å². The molecule has 0 N–H and O–H groups in total. The van der Waals surface area contributed by atoms with Crippen molar-refractivity contribution in [1.82, 2.24) is 10.2 Å². The van der Waals surface area contributed by atoms with Crippen molar-refractivity contribution in [3.05, 3.63) is 77.7 Å². The number of hydrogen-bond acceptors (Lipinski definition) is 6. The second kappa shape index (κ2) is 10.6. The number of nitrogens with zero attached hydrogens (tertiary/aromatic N) is 3. The first kappa shape index (κ1) is 24.2. The van der Waals surface area contributed by atoms with E-state index in [1.54, 1.807) is 36.4 Å². The van der Waals surface area contributed by atoms with Gasteiger partial charge >= 0.3 is 5.97 Å².